The Hall–Kier alpha value is -2.33. The van der Waals surface area contributed by atoms with E-state index in [4.69, 9.17) is 10.5 Å². The van der Waals surface area contributed by atoms with Crippen LogP contribution in [-0.2, 0) is 4.74 Å². The van der Waals surface area contributed by atoms with Crippen LogP contribution in [0.5, 0.6) is 0 Å². The second-order valence-electron chi connectivity index (χ2n) is 4.45. The molecule has 3 nitrogen and oxygen atoms in total. The summed E-state index contributed by atoms with van der Waals surface area (Å²) < 4.78 is 4.73. The Morgan fingerprint density at radius 3 is 2.65 bits per heavy atom. The summed E-state index contributed by atoms with van der Waals surface area (Å²) in [6.07, 6.45) is 0. The van der Waals surface area contributed by atoms with E-state index in [1.165, 1.54) is 23.8 Å². The van der Waals surface area contributed by atoms with E-state index in [2.05, 4.69) is 24.3 Å². The number of methoxy groups -OCH3 is 1. The molecule has 0 spiro atoms. The molecule has 0 aliphatic carbocycles. The van der Waals surface area contributed by atoms with Crippen molar-refractivity contribution in [3.63, 3.8) is 0 Å². The van der Waals surface area contributed by atoms with Crippen molar-refractivity contribution in [2.75, 3.05) is 12.8 Å². The van der Waals surface area contributed by atoms with Gasteiger partial charge in [0.15, 0.2) is 0 Å². The summed E-state index contributed by atoms with van der Waals surface area (Å²) in [4.78, 5) is 12.1. The van der Waals surface area contributed by atoms with Crippen LogP contribution < -0.4 is 5.73 Å². The quantitative estimate of drug-likeness (QED) is 0.725. The lowest BCUT2D eigenvalue weighted by molar-refractivity contribution is 0.0607. The number of carbonyl (C=O) groups excluding carboxylic acids is 1. The van der Waals surface area contributed by atoms with Crippen LogP contribution in [0.1, 0.15) is 9.67 Å². The average molecular weight is 283 g/mol. The van der Waals surface area contributed by atoms with Gasteiger partial charge >= 0.3 is 5.97 Å². The molecule has 2 aromatic carbocycles. The van der Waals surface area contributed by atoms with E-state index < -0.39 is 0 Å². The molecule has 0 fully saturated rings. The van der Waals surface area contributed by atoms with Crippen molar-refractivity contribution in [3.05, 3.63) is 52.7 Å². The standard InChI is InChI=1S/C16H13NO2S/c1-19-16(18)15-14(17)13(9-20-15)12-7-6-10-4-2-3-5-11(10)8-12/h2-9H,17H2,1H3. The number of rotatable bonds is 2. The van der Waals surface area contributed by atoms with E-state index in [9.17, 15) is 4.79 Å². The van der Waals surface area contributed by atoms with Crippen LogP contribution in [0.15, 0.2) is 47.8 Å². The van der Waals surface area contributed by atoms with Gasteiger partial charge in [-0.3, -0.25) is 0 Å². The highest BCUT2D eigenvalue weighted by atomic mass is 32.1. The van der Waals surface area contributed by atoms with Crippen LogP contribution in [0.25, 0.3) is 21.9 Å². The molecule has 4 heteroatoms. The predicted octanol–water partition coefficient (Wildman–Crippen LogP) is 3.94. The second kappa shape index (κ2) is 4.98. The highest BCUT2D eigenvalue weighted by Gasteiger charge is 2.17. The van der Waals surface area contributed by atoms with Gasteiger partial charge in [-0.2, -0.15) is 0 Å². The molecule has 1 heterocycles. The topological polar surface area (TPSA) is 52.3 Å². The Bertz CT molecular complexity index is 792. The largest absolute Gasteiger partial charge is 0.465 e. The maximum Gasteiger partial charge on any atom is 0.350 e. The van der Waals surface area contributed by atoms with Crippen LogP contribution in [0.2, 0.25) is 0 Å². The summed E-state index contributed by atoms with van der Waals surface area (Å²) in [6.45, 7) is 0. The molecule has 0 bridgehead atoms. The Labute approximate surface area is 120 Å². The minimum absolute atomic E-state index is 0.389. The predicted molar refractivity (Wildman–Crippen MR) is 83.0 cm³/mol. The number of thiophene rings is 1. The first kappa shape index (κ1) is 12.7. The number of ether oxygens (including phenoxy) is 1. The Kier molecular flexibility index (Phi) is 3.16. The van der Waals surface area contributed by atoms with Crippen molar-refractivity contribution in [1.82, 2.24) is 0 Å². The molecule has 0 amide bonds. The monoisotopic (exact) mass is 283 g/mol. The maximum atomic E-state index is 11.6. The van der Waals surface area contributed by atoms with Gasteiger partial charge in [0.05, 0.1) is 12.8 Å². The molecule has 0 saturated carbocycles. The van der Waals surface area contributed by atoms with Crippen molar-refractivity contribution in [2.24, 2.45) is 0 Å². The lowest BCUT2D eigenvalue weighted by Gasteiger charge is -2.04. The van der Waals surface area contributed by atoms with Gasteiger partial charge in [-0.15, -0.1) is 11.3 Å². The zero-order chi connectivity index (χ0) is 14.1. The van der Waals surface area contributed by atoms with Crippen LogP contribution in [0.3, 0.4) is 0 Å². The van der Waals surface area contributed by atoms with Crippen molar-refractivity contribution in [3.8, 4) is 11.1 Å². The lowest BCUT2D eigenvalue weighted by atomic mass is 10.0. The number of esters is 1. The number of nitrogens with two attached hydrogens (primary N) is 1. The molecule has 0 aliphatic heterocycles. The molecule has 1 aromatic heterocycles. The van der Waals surface area contributed by atoms with Crippen molar-refractivity contribution in [2.45, 2.75) is 0 Å². The lowest BCUT2D eigenvalue weighted by Crippen LogP contribution is -2.02. The summed E-state index contributed by atoms with van der Waals surface area (Å²) in [7, 11) is 1.36. The fraction of sp³-hybridized carbons (Fsp3) is 0.0625. The number of anilines is 1. The summed E-state index contributed by atoms with van der Waals surface area (Å²) in [5, 5.41) is 4.22. The van der Waals surface area contributed by atoms with Gasteiger partial charge in [0.2, 0.25) is 0 Å². The van der Waals surface area contributed by atoms with Gasteiger partial charge in [-0.05, 0) is 22.4 Å². The third-order valence-electron chi connectivity index (χ3n) is 3.26. The Morgan fingerprint density at radius 1 is 1.15 bits per heavy atom. The van der Waals surface area contributed by atoms with Crippen molar-refractivity contribution < 1.29 is 9.53 Å². The fourth-order valence-electron chi connectivity index (χ4n) is 2.20. The van der Waals surface area contributed by atoms with E-state index in [1.807, 2.05) is 23.6 Å². The summed E-state index contributed by atoms with van der Waals surface area (Å²) in [5.74, 6) is -0.389. The van der Waals surface area contributed by atoms with Gasteiger partial charge < -0.3 is 10.5 Å². The first-order chi connectivity index (χ1) is 9.70. The van der Waals surface area contributed by atoms with Gasteiger partial charge in [0, 0.05) is 10.9 Å². The van der Waals surface area contributed by atoms with Gasteiger partial charge in [0.25, 0.3) is 0 Å². The first-order valence-electron chi connectivity index (χ1n) is 6.15. The summed E-state index contributed by atoms with van der Waals surface area (Å²) in [6, 6.07) is 14.3. The molecule has 0 atom stereocenters. The fourth-order valence-corrected chi connectivity index (χ4v) is 3.11. The molecular weight excluding hydrogens is 270 g/mol. The van der Waals surface area contributed by atoms with Gasteiger partial charge in [-0.25, -0.2) is 4.79 Å². The highest BCUT2D eigenvalue weighted by molar-refractivity contribution is 7.13. The van der Waals surface area contributed by atoms with Gasteiger partial charge in [0.1, 0.15) is 4.88 Å². The number of hydrogen-bond acceptors (Lipinski definition) is 4. The van der Waals surface area contributed by atoms with Crippen molar-refractivity contribution >= 4 is 33.8 Å². The molecule has 20 heavy (non-hydrogen) atoms. The van der Waals surface area contributed by atoms with Crippen LogP contribution in [0, 0.1) is 0 Å². The number of benzene rings is 2. The van der Waals surface area contributed by atoms with E-state index in [0.29, 0.717) is 10.6 Å². The molecule has 100 valence electrons. The van der Waals surface area contributed by atoms with Gasteiger partial charge in [-0.1, -0.05) is 36.4 Å². The minimum atomic E-state index is -0.389. The third-order valence-corrected chi connectivity index (χ3v) is 4.24. The molecule has 2 N–H and O–H groups in total. The molecule has 0 aliphatic rings. The smallest absolute Gasteiger partial charge is 0.350 e. The number of fused-ring (bicyclic) bond motifs is 1. The number of carbonyl (C=O) groups is 1. The maximum absolute atomic E-state index is 11.6. The zero-order valence-corrected chi connectivity index (χ0v) is 11.7. The molecular formula is C16H13NO2S. The average Bonchev–Trinajstić information content (AvgIpc) is 2.87. The van der Waals surface area contributed by atoms with E-state index in [-0.39, 0.29) is 5.97 Å². The number of nitrogen functional groups attached to an aromatic ring is 1. The second-order valence-corrected chi connectivity index (χ2v) is 5.33. The van der Waals surface area contributed by atoms with E-state index >= 15 is 0 Å². The third kappa shape index (κ3) is 2.04. The molecule has 3 rings (SSSR count). The minimum Gasteiger partial charge on any atom is -0.465 e. The van der Waals surface area contributed by atoms with E-state index in [1.54, 1.807) is 0 Å². The molecule has 3 aromatic rings. The van der Waals surface area contributed by atoms with Crippen LogP contribution >= 0.6 is 11.3 Å². The SMILES string of the molecule is COC(=O)c1scc(-c2ccc3ccccc3c2)c1N. The van der Waals surface area contributed by atoms with Crippen LogP contribution in [-0.4, -0.2) is 13.1 Å². The van der Waals surface area contributed by atoms with Crippen LogP contribution in [0.4, 0.5) is 5.69 Å². The normalized spacial score (nSPS) is 10.7. The molecule has 0 saturated heterocycles. The Balaban J connectivity index is 2.11. The van der Waals surface area contributed by atoms with Crippen molar-refractivity contribution in [1.29, 1.82) is 0 Å². The zero-order valence-electron chi connectivity index (χ0n) is 10.9. The molecule has 0 radical (unpaired) electrons. The first-order valence-corrected chi connectivity index (χ1v) is 7.03. The highest BCUT2D eigenvalue weighted by Crippen LogP contribution is 2.35. The molecule has 0 unspecified atom stereocenters. The van der Waals surface area contributed by atoms with E-state index in [0.717, 1.165) is 16.5 Å². The summed E-state index contributed by atoms with van der Waals surface area (Å²) >= 11 is 1.31. The Morgan fingerprint density at radius 2 is 1.90 bits per heavy atom. The summed E-state index contributed by atoms with van der Waals surface area (Å²) in [5.41, 5.74) is 8.43. The number of hydrogen-bond donors (Lipinski definition) is 1.